The topological polar surface area (TPSA) is 59.2 Å². The molecule has 4 nitrogen and oxygen atoms in total. The van der Waals surface area contributed by atoms with Crippen molar-refractivity contribution in [3.8, 4) is 10.6 Å². The average Bonchev–Trinajstić information content (AvgIpc) is 3.08. The number of nitrogens with two attached hydrogens (primary N) is 1. The number of carbonyl (C=O) groups is 1. The molecule has 2 heterocycles. The number of nitrogens with zero attached hydrogens (tertiary/aromatic N) is 2. The minimum atomic E-state index is 0.167. The number of rotatable bonds is 7. The summed E-state index contributed by atoms with van der Waals surface area (Å²) in [4.78, 5) is 20.9. The van der Waals surface area contributed by atoms with Gasteiger partial charge in [0.2, 0.25) is 5.91 Å². The van der Waals surface area contributed by atoms with Gasteiger partial charge in [0.05, 0.1) is 17.0 Å². The van der Waals surface area contributed by atoms with Crippen LogP contribution in [0.2, 0.25) is 0 Å². The molecule has 2 rings (SSSR count). The smallest absolute Gasteiger partial charge is 0.227 e. The Morgan fingerprint density at radius 2 is 2.05 bits per heavy atom. The summed E-state index contributed by atoms with van der Waals surface area (Å²) in [5.74, 6) is 0.167. The Morgan fingerprint density at radius 3 is 2.62 bits per heavy atom. The number of anilines is 1. The van der Waals surface area contributed by atoms with Crippen molar-refractivity contribution in [2.45, 2.75) is 33.1 Å². The third-order valence-electron chi connectivity index (χ3n) is 3.12. The van der Waals surface area contributed by atoms with E-state index >= 15 is 0 Å². The minimum Gasteiger partial charge on any atom is -0.375 e. The Kier molecular flexibility index (Phi) is 5.76. The van der Waals surface area contributed by atoms with E-state index in [2.05, 4.69) is 18.8 Å². The lowest BCUT2D eigenvalue weighted by Gasteiger charge is -2.21. The van der Waals surface area contributed by atoms with Crippen LogP contribution in [-0.2, 0) is 11.2 Å². The maximum absolute atomic E-state index is 12.5. The first-order valence-corrected chi connectivity index (χ1v) is 8.92. The Balaban J connectivity index is 2.17. The molecule has 0 bridgehead atoms. The highest BCUT2D eigenvalue weighted by molar-refractivity contribution is 7.17. The molecular formula is C15H21N3OS2. The van der Waals surface area contributed by atoms with Crippen molar-refractivity contribution in [2.75, 3.05) is 18.8 Å². The van der Waals surface area contributed by atoms with Gasteiger partial charge in [-0.2, -0.15) is 0 Å². The monoisotopic (exact) mass is 323 g/mol. The van der Waals surface area contributed by atoms with Gasteiger partial charge in [0.15, 0.2) is 5.13 Å². The summed E-state index contributed by atoms with van der Waals surface area (Å²) in [5.41, 5.74) is 6.71. The lowest BCUT2D eigenvalue weighted by molar-refractivity contribution is -0.130. The van der Waals surface area contributed by atoms with E-state index in [0.717, 1.165) is 41.4 Å². The minimum absolute atomic E-state index is 0.167. The van der Waals surface area contributed by atoms with Crippen LogP contribution in [0.15, 0.2) is 17.5 Å². The SMILES string of the molecule is CCCN(CCC)C(=O)Cc1sc(N)nc1-c1cccs1. The summed E-state index contributed by atoms with van der Waals surface area (Å²) in [6.07, 6.45) is 2.35. The summed E-state index contributed by atoms with van der Waals surface area (Å²) in [5, 5.41) is 2.54. The number of hydrogen-bond donors (Lipinski definition) is 1. The fourth-order valence-electron chi connectivity index (χ4n) is 2.25. The van der Waals surface area contributed by atoms with Gasteiger partial charge in [0.1, 0.15) is 0 Å². The molecule has 114 valence electrons. The fourth-order valence-corrected chi connectivity index (χ4v) is 3.89. The second-order valence-electron chi connectivity index (χ2n) is 4.86. The van der Waals surface area contributed by atoms with Crippen LogP contribution in [0.25, 0.3) is 10.6 Å². The van der Waals surface area contributed by atoms with Crippen LogP contribution in [0.4, 0.5) is 5.13 Å². The molecule has 21 heavy (non-hydrogen) atoms. The van der Waals surface area contributed by atoms with Gasteiger partial charge in [-0.3, -0.25) is 4.79 Å². The van der Waals surface area contributed by atoms with Crippen molar-refractivity contribution in [1.29, 1.82) is 0 Å². The van der Waals surface area contributed by atoms with Crippen LogP contribution >= 0.6 is 22.7 Å². The van der Waals surface area contributed by atoms with E-state index in [1.807, 2.05) is 22.4 Å². The molecular weight excluding hydrogens is 302 g/mol. The number of aromatic nitrogens is 1. The van der Waals surface area contributed by atoms with Crippen molar-refractivity contribution in [2.24, 2.45) is 0 Å². The molecule has 0 unspecified atom stereocenters. The zero-order valence-corrected chi connectivity index (χ0v) is 14.1. The van der Waals surface area contributed by atoms with Crippen LogP contribution in [-0.4, -0.2) is 28.9 Å². The zero-order chi connectivity index (χ0) is 15.2. The van der Waals surface area contributed by atoms with Gasteiger partial charge in [-0.1, -0.05) is 19.9 Å². The van der Waals surface area contributed by atoms with Gasteiger partial charge in [0.25, 0.3) is 0 Å². The van der Waals surface area contributed by atoms with E-state index in [9.17, 15) is 4.79 Å². The predicted molar refractivity (Wildman–Crippen MR) is 90.7 cm³/mol. The summed E-state index contributed by atoms with van der Waals surface area (Å²) in [7, 11) is 0. The summed E-state index contributed by atoms with van der Waals surface area (Å²) in [6.45, 7) is 5.82. The van der Waals surface area contributed by atoms with Crippen molar-refractivity contribution < 1.29 is 4.79 Å². The third kappa shape index (κ3) is 4.04. The van der Waals surface area contributed by atoms with Gasteiger partial charge in [-0.15, -0.1) is 22.7 Å². The highest BCUT2D eigenvalue weighted by Crippen LogP contribution is 2.33. The van der Waals surface area contributed by atoms with Crippen molar-refractivity contribution in [3.63, 3.8) is 0 Å². The molecule has 0 aliphatic heterocycles. The average molecular weight is 323 g/mol. The molecule has 0 saturated heterocycles. The number of hydrogen-bond acceptors (Lipinski definition) is 5. The molecule has 0 aliphatic rings. The van der Waals surface area contributed by atoms with Gasteiger partial charge >= 0.3 is 0 Å². The number of thiazole rings is 1. The van der Waals surface area contributed by atoms with E-state index < -0.39 is 0 Å². The first-order chi connectivity index (χ1) is 10.2. The second-order valence-corrected chi connectivity index (χ2v) is 6.92. The van der Waals surface area contributed by atoms with Crippen LogP contribution in [0.3, 0.4) is 0 Å². The number of carbonyl (C=O) groups excluding carboxylic acids is 1. The van der Waals surface area contributed by atoms with Gasteiger partial charge in [-0.05, 0) is 24.3 Å². The second kappa shape index (κ2) is 7.56. The van der Waals surface area contributed by atoms with E-state index in [-0.39, 0.29) is 5.91 Å². The zero-order valence-electron chi connectivity index (χ0n) is 12.5. The van der Waals surface area contributed by atoms with Crippen LogP contribution in [0.1, 0.15) is 31.6 Å². The Labute approximate surface area is 133 Å². The molecule has 2 aromatic rings. The maximum Gasteiger partial charge on any atom is 0.227 e. The molecule has 0 spiro atoms. The van der Waals surface area contributed by atoms with E-state index in [4.69, 9.17) is 5.73 Å². The first-order valence-electron chi connectivity index (χ1n) is 7.22. The van der Waals surface area contributed by atoms with Crippen molar-refractivity contribution in [1.82, 2.24) is 9.88 Å². The Morgan fingerprint density at radius 1 is 1.33 bits per heavy atom. The van der Waals surface area contributed by atoms with Crippen LogP contribution in [0, 0.1) is 0 Å². The van der Waals surface area contributed by atoms with Gasteiger partial charge in [-0.25, -0.2) is 4.98 Å². The normalized spacial score (nSPS) is 10.8. The standard InChI is InChI=1S/C15H21N3OS2/c1-3-7-18(8-4-2)13(19)10-12-14(17-15(16)21-12)11-6-5-9-20-11/h5-6,9H,3-4,7-8,10H2,1-2H3,(H2,16,17). The quantitative estimate of drug-likeness (QED) is 0.846. The van der Waals surface area contributed by atoms with Crippen LogP contribution in [0.5, 0.6) is 0 Å². The molecule has 0 aromatic carbocycles. The first kappa shape index (κ1) is 16.0. The lowest BCUT2D eigenvalue weighted by atomic mass is 10.2. The molecule has 0 fully saturated rings. The molecule has 2 N–H and O–H groups in total. The number of amides is 1. The van der Waals surface area contributed by atoms with Gasteiger partial charge < -0.3 is 10.6 Å². The number of nitrogen functional groups attached to an aromatic ring is 1. The lowest BCUT2D eigenvalue weighted by Crippen LogP contribution is -2.33. The molecule has 0 aliphatic carbocycles. The highest BCUT2D eigenvalue weighted by atomic mass is 32.1. The van der Waals surface area contributed by atoms with Crippen molar-refractivity contribution in [3.05, 3.63) is 22.4 Å². The number of thiophene rings is 1. The van der Waals surface area contributed by atoms with E-state index in [1.165, 1.54) is 11.3 Å². The highest BCUT2D eigenvalue weighted by Gasteiger charge is 2.19. The van der Waals surface area contributed by atoms with E-state index in [1.54, 1.807) is 11.3 Å². The maximum atomic E-state index is 12.5. The predicted octanol–water partition coefficient (Wildman–Crippen LogP) is 3.64. The summed E-state index contributed by atoms with van der Waals surface area (Å²) < 4.78 is 0. The largest absolute Gasteiger partial charge is 0.375 e. The van der Waals surface area contributed by atoms with Gasteiger partial charge in [0, 0.05) is 18.0 Å². The summed E-state index contributed by atoms with van der Waals surface area (Å²) in [6, 6.07) is 4.00. The fraction of sp³-hybridized carbons (Fsp3) is 0.467. The summed E-state index contributed by atoms with van der Waals surface area (Å²) >= 11 is 3.04. The molecule has 2 aromatic heterocycles. The molecule has 0 radical (unpaired) electrons. The Hall–Kier alpha value is -1.40. The molecule has 0 atom stereocenters. The van der Waals surface area contributed by atoms with E-state index in [0.29, 0.717) is 11.6 Å². The molecule has 0 saturated carbocycles. The Bertz CT molecular complexity index is 572. The van der Waals surface area contributed by atoms with Crippen LogP contribution < -0.4 is 5.73 Å². The van der Waals surface area contributed by atoms with Crippen molar-refractivity contribution >= 4 is 33.7 Å². The third-order valence-corrected chi connectivity index (χ3v) is 4.88. The molecule has 6 heteroatoms. The molecule has 1 amide bonds.